The van der Waals surface area contributed by atoms with E-state index in [2.05, 4.69) is 16.3 Å². The molecule has 1 aliphatic rings. The Balaban J connectivity index is 1.54. The first kappa shape index (κ1) is 27.5. The lowest BCUT2D eigenvalue weighted by molar-refractivity contribution is -0.119. The van der Waals surface area contributed by atoms with Gasteiger partial charge in [0.15, 0.2) is 11.5 Å². The van der Waals surface area contributed by atoms with E-state index < -0.39 is 15.9 Å². The van der Waals surface area contributed by atoms with Crippen LogP contribution in [0.3, 0.4) is 0 Å². The van der Waals surface area contributed by atoms with Crippen molar-refractivity contribution in [3.05, 3.63) is 83.9 Å². The number of carbonyl (C=O) groups is 1. The minimum absolute atomic E-state index is 0.0921. The Morgan fingerprint density at radius 1 is 0.868 bits per heavy atom. The van der Waals surface area contributed by atoms with Crippen LogP contribution in [-0.4, -0.2) is 53.1 Å². The smallest absolute Gasteiger partial charge is 0.264 e. The molecule has 9 heteroatoms. The minimum atomic E-state index is -4.03. The maximum Gasteiger partial charge on any atom is 0.264 e. The maximum absolute atomic E-state index is 13.6. The number of ether oxygens (including phenoxy) is 2. The average Bonchev–Trinajstić information content (AvgIpc) is 2.96. The number of carbonyl (C=O) groups excluding carboxylic acids is 1. The number of likely N-dealkylation sites (tertiary alicyclic amines) is 1. The molecule has 202 valence electrons. The number of nitrogens with zero attached hydrogens (tertiary/aromatic N) is 2. The summed E-state index contributed by atoms with van der Waals surface area (Å²) in [5.41, 5.74) is 2.49. The second-order valence-corrected chi connectivity index (χ2v) is 11.1. The van der Waals surface area contributed by atoms with E-state index in [0.29, 0.717) is 23.7 Å². The molecule has 38 heavy (non-hydrogen) atoms. The molecule has 0 atom stereocenters. The highest BCUT2D eigenvalue weighted by atomic mass is 32.2. The number of hydrogen-bond donors (Lipinski definition) is 1. The van der Waals surface area contributed by atoms with Crippen molar-refractivity contribution in [1.29, 1.82) is 0 Å². The van der Waals surface area contributed by atoms with Crippen LogP contribution in [-0.2, 0) is 27.9 Å². The SMILES string of the molecule is COc1ccc(N(CC(=O)NCc2ccccc2CN2CCCCC2)S(=O)(=O)c2ccccc2)cc1OC. The standard InChI is InChI=1S/C29H35N3O5S/c1-36-27-16-15-25(19-28(27)37-2)32(38(34,35)26-13-5-3-6-14-26)22-29(33)30-20-23-11-7-8-12-24(23)21-31-17-9-4-10-18-31/h3,5-8,11-16,19H,4,9-10,17-18,20-22H2,1-2H3,(H,30,33). The first-order chi connectivity index (χ1) is 18.4. The van der Waals surface area contributed by atoms with Crippen LogP contribution in [0.25, 0.3) is 0 Å². The summed E-state index contributed by atoms with van der Waals surface area (Å²) in [7, 11) is -1.05. The number of benzene rings is 3. The van der Waals surface area contributed by atoms with Crippen LogP contribution in [0, 0.1) is 0 Å². The van der Waals surface area contributed by atoms with Gasteiger partial charge in [-0.3, -0.25) is 14.0 Å². The molecule has 1 saturated heterocycles. The average molecular weight is 538 g/mol. The Hall–Kier alpha value is -3.56. The van der Waals surface area contributed by atoms with Crippen molar-refractivity contribution >= 4 is 21.6 Å². The first-order valence-corrected chi connectivity index (χ1v) is 14.2. The zero-order valence-electron chi connectivity index (χ0n) is 21.9. The number of methoxy groups -OCH3 is 2. The normalized spacial score (nSPS) is 14.1. The highest BCUT2D eigenvalue weighted by Crippen LogP contribution is 2.33. The van der Waals surface area contributed by atoms with Crippen LogP contribution in [0.1, 0.15) is 30.4 Å². The summed E-state index contributed by atoms with van der Waals surface area (Å²) in [4.78, 5) is 15.7. The van der Waals surface area contributed by atoms with E-state index in [1.807, 2.05) is 18.2 Å². The minimum Gasteiger partial charge on any atom is -0.493 e. The number of sulfonamides is 1. The Morgan fingerprint density at radius 2 is 1.53 bits per heavy atom. The summed E-state index contributed by atoms with van der Waals surface area (Å²) in [5.74, 6) is 0.417. The molecule has 0 aliphatic carbocycles. The molecule has 0 spiro atoms. The van der Waals surface area contributed by atoms with E-state index in [4.69, 9.17) is 9.47 Å². The van der Waals surface area contributed by atoms with Crippen LogP contribution >= 0.6 is 0 Å². The van der Waals surface area contributed by atoms with Crippen LogP contribution in [0.2, 0.25) is 0 Å². The van der Waals surface area contributed by atoms with Crippen molar-refractivity contribution < 1.29 is 22.7 Å². The maximum atomic E-state index is 13.6. The fourth-order valence-electron chi connectivity index (χ4n) is 4.64. The fourth-order valence-corrected chi connectivity index (χ4v) is 6.07. The summed E-state index contributed by atoms with van der Waals surface area (Å²) in [5, 5.41) is 2.93. The van der Waals surface area contributed by atoms with Crippen LogP contribution in [0.5, 0.6) is 11.5 Å². The topological polar surface area (TPSA) is 88.2 Å². The quantitative estimate of drug-likeness (QED) is 0.395. The predicted octanol–water partition coefficient (Wildman–Crippen LogP) is 4.20. The van der Waals surface area contributed by atoms with Crippen molar-refractivity contribution in [2.45, 2.75) is 37.2 Å². The molecule has 1 amide bonds. The van der Waals surface area contributed by atoms with Crippen LogP contribution in [0.4, 0.5) is 5.69 Å². The van der Waals surface area contributed by atoms with E-state index >= 15 is 0 Å². The van der Waals surface area contributed by atoms with Crippen molar-refractivity contribution in [3.63, 3.8) is 0 Å². The Morgan fingerprint density at radius 3 is 2.21 bits per heavy atom. The molecule has 0 radical (unpaired) electrons. The lowest BCUT2D eigenvalue weighted by Crippen LogP contribution is -2.40. The number of nitrogens with one attached hydrogen (secondary N) is 1. The van der Waals surface area contributed by atoms with E-state index in [9.17, 15) is 13.2 Å². The molecule has 4 rings (SSSR count). The third-order valence-corrected chi connectivity index (χ3v) is 8.50. The summed E-state index contributed by atoms with van der Waals surface area (Å²) in [6, 6.07) is 20.9. The molecular weight excluding hydrogens is 502 g/mol. The van der Waals surface area contributed by atoms with Gasteiger partial charge in [-0.25, -0.2) is 8.42 Å². The zero-order chi connectivity index (χ0) is 27.0. The fraction of sp³-hybridized carbons (Fsp3) is 0.345. The summed E-state index contributed by atoms with van der Waals surface area (Å²) in [6.07, 6.45) is 3.69. The van der Waals surface area contributed by atoms with Gasteiger partial charge in [-0.1, -0.05) is 48.9 Å². The van der Waals surface area contributed by atoms with Crippen LogP contribution < -0.4 is 19.1 Å². The third kappa shape index (κ3) is 6.65. The van der Waals surface area contributed by atoms with Gasteiger partial charge in [-0.05, 0) is 61.3 Å². The largest absolute Gasteiger partial charge is 0.493 e. The molecule has 0 saturated carbocycles. The van der Waals surface area contributed by atoms with Crippen LogP contribution in [0.15, 0.2) is 77.7 Å². The van der Waals surface area contributed by atoms with Crippen molar-refractivity contribution in [2.75, 3.05) is 38.2 Å². The molecule has 1 N–H and O–H groups in total. The van der Waals surface area contributed by atoms with Gasteiger partial charge in [-0.15, -0.1) is 0 Å². The van der Waals surface area contributed by atoms with E-state index in [0.717, 1.165) is 29.5 Å². The van der Waals surface area contributed by atoms with Gasteiger partial charge in [0.1, 0.15) is 6.54 Å². The molecule has 3 aromatic rings. The first-order valence-electron chi connectivity index (χ1n) is 12.8. The van der Waals surface area contributed by atoms with Crippen molar-refractivity contribution in [1.82, 2.24) is 10.2 Å². The molecule has 0 unspecified atom stereocenters. The van der Waals surface area contributed by atoms with Gasteiger partial charge in [0.05, 0.1) is 24.8 Å². The van der Waals surface area contributed by atoms with Gasteiger partial charge in [-0.2, -0.15) is 0 Å². The summed E-state index contributed by atoms with van der Waals surface area (Å²) in [6.45, 7) is 2.93. The van der Waals surface area contributed by atoms with E-state index in [1.54, 1.807) is 36.4 Å². The van der Waals surface area contributed by atoms with Crippen molar-refractivity contribution in [2.24, 2.45) is 0 Å². The van der Waals surface area contributed by atoms with Crippen molar-refractivity contribution in [3.8, 4) is 11.5 Å². The summed E-state index contributed by atoms with van der Waals surface area (Å²) >= 11 is 0. The highest BCUT2D eigenvalue weighted by molar-refractivity contribution is 7.92. The molecule has 1 aliphatic heterocycles. The number of rotatable bonds is 11. The lowest BCUT2D eigenvalue weighted by Gasteiger charge is -2.27. The second kappa shape index (κ2) is 12.8. The van der Waals surface area contributed by atoms with Gasteiger partial charge in [0.25, 0.3) is 10.0 Å². The van der Waals surface area contributed by atoms with Gasteiger partial charge in [0.2, 0.25) is 5.91 Å². The van der Waals surface area contributed by atoms with Gasteiger partial charge >= 0.3 is 0 Å². The summed E-state index contributed by atoms with van der Waals surface area (Å²) < 4.78 is 39.1. The van der Waals surface area contributed by atoms with E-state index in [1.165, 1.54) is 51.2 Å². The predicted molar refractivity (Wildman–Crippen MR) is 148 cm³/mol. The lowest BCUT2D eigenvalue weighted by atomic mass is 10.0. The number of amides is 1. The Bertz CT molecular complexity index is 1330. The number of piperidine rings is 1. The molecular formula is C29H35N3O5S. The monoisotopic (exact) mass is 537 g/mol. The Labute approximate surface area is 225 Å². The molecule has 3 aromatic carbocycles. The van der Waals surface area contributed by atoms with Gasteiger partial charge < -0.3 is 14.8 Å². The second-order valence-electron chi connectivity index (χ2n) is 9.25. The number of anilines is 1. The molecule has 1 heterocycles. The third-order valence-electron chi connectivity index (χ3n) is 6.71. The number of hydrogen-bond acceptors (Lipinski definition) is 6. The van der Waals surface area contributed by atoms with E-state index in [-0.39, 0.29) is 11.4 Å². The molecule has 0 bridgehead atoms. The highest BCUT2D eigenvalue weighted by Gasteiger charge is 2.28. The zero-order valence-corrected chi connectivity index (χ0v) is 22.7. The Kier molecular flexibility index (Phi) is 9.25. The molecule has 0 aromatic heterocycles. The van der Waals surface area contributed by atoms with Gasteiger partial charge in [0, 0.05) is 19.2 Å². The molecule has 8 nitrogen and oxygen atoms in total. The molecule has 1 fully saturated rings.